The van der Waals surface area contributed by atoms with E-state index in [1.165, 1.54) is 16.7 Å². The van der Waals surface area contributed by atoms with Crippen molar-refractivity contribution in [3.05, 3.63) is 35.4 Å². The second kappa shape index (κ2) is 4.13. The highest BCUT2D eigenvalue weighted by Gasteiger charge is 2.57. The first kappa shape index (κ1) is 13.4. The molecule has 4 rings (SSSR count). The van der Waals surface area contributed by atoms with Crippen LogP contribution >= 0.6 is 0 Å². The number of rotatable bonds is 0. The number of aliphatic hydroxyl groups is 1. The molecule has 0 aliphatic heterocycles. The van der Waals surface area contributed by atoms with Crippen molar-refractivity contribution in [2.75, 3.05) is 0 Å². The lowest BCUT2D eigenvalue weighted by Gasteiger charge is -2.52. The van der Waals surface area contributed by atoms with E-state index in [9.17, 15) is 10.2 Å². The van der Waals surface area contributed by atoms with Crippen LogP contribution in [0.2, 0.25) is 0 Å². The van der Waals surface area contributed by atoms with E-state index < -0.39 is 0 Å². The number of phenolic OH excluding ortho intramolecular Hbond substituents is 1. The zero-order valence-electron chi connectivity index (χ0n) is 12.9. The van der Waals surface area contributed by atoms with Gasteiger partial charge in [0, 0.05) is 5.41 Å². The van der Waals surface area contributed by atoms with Crippen LogP contribution in [0.5, 0.6) is 5.75 Å². The van der Waals surface area contributed by atoms with Crippen molar-refractivity contribution in [1.82, 2.24) is 0 Å². The summed E-state index contributed by atoms with van der Waals surface area (Å²) in [6, 6.07) is 5.82. The molecule has 1 aromatic rings. The molecular formula is C19H24O2. The van der Waals surface area contributed by atoms with Gasteiger partial charge >= 0.3 is 0 Å². The molecule has 2 heteroatoms. The Bertz CT molecular complexity index is 632. The molecule has 2 nitrogen and oxygen atoms in total. The van der Waals surface area contributed by atoms with Gasteiger partial charge in [-0.2, -0.15) is 0 Å². The molecular weight excluding hydrogens is 260 g/mol. The lowest BCUT2D eigenvalue weighted by Crippen LogP contribution is -2.45. The Hall–Kier alpha value is -1.28. The van der Waals surface area contributed by atoms with E-state index in [1.54, 1.807) is 0 Å². The van der Waals surface area contributed by atoms with Gasteiger partial charge in [0.1, 0.15) is 5.75 Å². The Morgan fingerprint density at radius 3 is 2.81 bits per heavy atom. The molecule has 1 fully saturated rings. The molecule has 1 aromatic carbocycles. The van der Waals surface area contributed by atoms with E-state index in [0.717, 1.165) is 32.1 Å². The van der Waals surface area contributed by atoms with E-state index in [-0.39, 0.29) is 16.9 Å². The highest BCUT2D eigenvalue weighted by Crippen LogP contribution is 2.64. The Labute approximate surface area is 126 Å². The number of aliphatic hydroxyl groups excluding tert-OH is 1. The Kier molecular flexibility index (Phi) is 2.63. The molecule has 112 valence electrons. The quantitative estimate of drug-likeness (QED) is 0.758. The van der Waals surface area contributed by atoms with Crippen LogP contribution in [-0.4, -0.2) is 16.3 Å². The van der Waals surface area contributed by atoms with Crippen molar-refractivity contribution in [1.29, 1.82) is 0 Å². The summed E-state index contributed by atoms with van der Waals surface area (Å²) < 4.78 is 0. The van der Waals surface area contributed by atoms with E-state index in [4.69, 9.17) is 0 Å². The Morgan fingerprint density at radius 2 is 2.00 bits per heavy atom. The first-order chi connectivity index (χ1) is 9.95. The maximum Gasteiger partial charge on any atom is 0.115 e. The van der Waals surface area contributed by atoms with Crippen molar-refractivity contribution in [3.8, 4) is 5.75 Å². The third kappa shape index (κ3) is 1.63. The van der Waals surface area contributed by atoms with Crippen LogP contribution in [0.25, 0.3) is 5.57 Å². The maximum absolute atomic E-state index is 10.5. The van der Waals surface area contributed by atoms with Crippen LogP contribution < -0.4 is 0 Å². The van der Waals surface area contributed by atoms with Gasteiger partial charge in [0.2, 0.25) is 0 Å². The molecule has 0 heterocycles. The molecule has 0 bridgehead atoms. The number of benzene rings is 1. The zero-order chi connectivity index (χ0) is 14.8. The van der Waals surface area contributed by atoms with E-state index in [2.05, 4.69) is 26.0 Å². The van der Waals surface area contributed by atoms with Crippen molar-refractivity contribution >= 4 is 5.57 Å². The minimum atomic E-state index is -0.154. The predicted molar refractivity (Wildman–Crippen MR) is 84.0 cm³/mol. The maximum atomic E-state index is 10.5. The number of fused-ring (bicyclic) bond motifs is 5. The molecule has 2 N–H and O–H groups in total. The third-order valence-corrected chi connectivity index (χ3v) is 6.71. The van der Waals surface area contributed by atoms with E-state index >= 15 is 0 Å². The lowest BCUT2D eigenvalue weighted by atomic mass is 9.52. The third-order valence-electron chi connectivity index (χ3n) is 6.71. The predicted octanol–water partition coefficient (Wildman–Crippen LogP) is 3.91. The molecule has 0 radical (unpaired) electrons. The van der Waals surface area contributed by atoms with Crippen molar-refractivity contribution in [3.63, 3.8) is 0 Å². The van der Waals surface area contributed by atoms with Crippen molar-refractivity contribution < 1.29 is 10.2 Å². The fourth-order valence-corrected chi connectivity index (χ4v) is 5.45. The molecule has 0 amide bonds. The number of hydrogen-bond acceptors (Lipinski definition) is 2. The van der Waals surface area contributed by atoms with Crippen LogP contribution in [0.3, 0.4) is 0 Å². The smallest absolute Gasteiger partial charge is 0.115 e. The second-order valence-corrected chi connectivity index (χ2v) is 7.73. The molecule has 3 aliphatic rings. The summed E-state index contributed by atoms with van der Waals surface area (Å²) in [7, 11) is 0. The fraction of sp³-hybridized carbons (Fsp3) is 0.579. The van der Waals surface area contributed by atoms with E-state index in [1.807, 2.05) is 12.1 Å². The van der Waals surface area contributed by atoms with Crippen molar-refractivity contribution in [2.45, 2.75) is 52.1 Å². The van der Waals surface area contributed by atoms with Crippen molar-refractivity contribution in [2.24, 2.45) is 16.7 Å². The van der Waals surface area contributed by atoms with Crippen LogP contribution in [0.15, 0.2) is 24.3 Å². The van der Waals surface area contributed by atoms with Crippen LogP contribution in [-0.2, 0) is 6.42 Å². The number of hydrogen-bond donors (Lipinski definition) is 2. The molecule has 3 aliphatic carbocycles. The number of aryl methyl sites for hydroxylation is 1. The average molecular weight is 284 g/mol. The van der Waals surface area contributed by atoms with Gasteiger partial charge in [0.15, 0.2) is 0 Å². The summed E-state index contributed by atoms with van der Waals surface area (Å²) in [6.07, 6.45) is 7.43. The van der Waals surface area contributed by atoms with Gasteiger partial charge in [-0.1, -0.05) is 26.0 Å². The van der Waals surface area contributed by atoms with Gasteiger partial charge in [-0.25, -0.2) is 0 Å². The average Bonchev–Trinajstić information content (AvgIpc) is 2.75. The Morgan fingerprint density at radius 1 is 1.19 bits per heavy atom. The van der Waals surface area contributed by atoms with Gasteiger partial charge in [-0.05, 0) is 72.3 Å². The lowest BCUT2D eigenvalue weighted by molar-refractivity contribution is 0.00214. The number of allylic oxidation sites excluding steroid dienone is 2. The van der Waals surface area contributed by atoms with Crippen LogP contribution in [0, 0.1) is 16.7 Å². The number of aromatic hydroxyl groups is 1. The van der Waals surface area contributed by atoms with Crippen LogP contribution in [0.4, 0.5) is 0 Å². The monoisotopic (exact) mass is 284 g/mol. The molecule has 4 atom stereocenters. The largest absolute Gasteiger partial charge is 0.508 e. The second-order valence-electron chi connectivity index (χ2n) is 7.73. The van der Waals surface area contributed by atoms with Gasteiger partial charge in [0.05, 0.1) is 6.10 Å². The molecule has 0 saturated heterocycles. The van der Waals surface area contributed by atoms with Gasteiger partial charge in [-0.15, -0.1) is 0 Å². The minimum absolute atomic E-state index is 0.0483. The molecule has 4 unspecified atom stereocenters. The molecule has 0 spiro atoms. The number of phenols is 1. The van der Waals surface area contributed by atoms with Gasteiger partial charge in [-0.3, -0.25) is 0 Å². The summed E-state index contributed by atoms with van der Waals surface area (Å²) in [6.45, 7) is 4.68. The SMILES string of the molecule is CC12CCc3cc(O)ccc3C1=CCC1(C)C(O)CCC21. The van der Waals surface area contributed by atoms with Crippen LogP contribution in [0.1, 0.15) is 50.7 Å². The summed E-state index contributed by atoms with van der Waals surface area (Å²) in [5.41, 5.74) is 4.28. The first-order valence-corrected chi connectivity index (χ1v) is 8.16. The standard InChI is InChI=1S/C19H24O2/c1-18-9-7-12-11-13(20)3-4-14(12)15(18)8-10-19(2)16(18)5-6-17(19)21/h3-4,8,11,16-17,20-21H,5-7,9-10H2,1-2H3. The summed E-state index contributed by atoms with van der Waals surface area (Å²) >= 11 is 0. The highest BCUT2D eigenvalue weighted by atomic mass is 16.3. The Balaban J connectivity index is 1.86. The zero-order valence-corrected chi connectivity index (χ0v) is 12.9. The van der Waals surface area contributed by atoms with Gasteiger partial charge < -0.3 is 10.2 Å². The molecule has 0 aromatic heterocycles. The molecule has 1 saturated carbocycles. The minimum Gasteiger partial charge on any atom is -0.508 e. The topological polar surface area (TPSA) is 40.5 Å². The molecule has 21 heavy (non-hydrogen) atoms. The van der Waals surface area contributed by atoms with E-state index in [0.29, 0.717) is 11.7 Å². The first-order valence-electron chi connectivity index (χ1n) is 8.16. The van der Waals surface area contributed by atoms with Gasteiger partial charge in [0.25, 0.3) is 0 Å². The summed E-state index contributed by atoms with van der Waals surface area (Å²) in [5.74, 6) is 0.942. The summed E-state index contributed by atoms with van der Waals surface area (Å²) in [4.78, 5) is 0. The normalized spacial score (nSPS) is 41.0. The summed E-state index contributed by atoms with van der Waals surface area (Å²) in [5, 5.41) is 20.2. The fourth-order valence-electron chi connectivity index (χ4n) is 5.45. The highest BCUT2D eigenvalue weighted by molar-refractivity contribution is 5.76.